The molecule has 1 aromatic heterocycles. The molecule has 0 aromatic carbocycles. The molecule has 17 heavy (non-hydrogen) atoms. The summed E-state index contributed by atoms with van der Waals surface area (Å²) in [6.45, 7) is 3.06. The quantitative estimate of drug-likeness (QED) is 0.737. The number of aryl methyl sites for hydroxylation is 1. The highest BCUT2D eigenvalue weighted by atomic mass is 16.1. The molecule has 1 aromatic rings. The Kier molecular flexibility index (Phi) is 4.29. The van der Waals surface area contributed by atoms with Gasteiger partial charge in [-0.05, 0) is 19.3 Å². The summed E-state index contributed by atoms with van der Waals surface area (Å²) in [7, 11) is 0. The summed E-state index contributed by atoms with van der Waals surface area (Å²) in [5.74, 6) is 0.496. The van der Waals surface area contributed by atoms with Crippen LogP contribution in [0.5, 0.6) is 0 Å². The number of rotatable bonds is 5. The van der Waals surface area contributed by atoms with Crippen molar-refractivity contribution in [3.05, 3.63) is 11.4 Å². The highest BCUT2D eigenvalue weighted by Crippen LogP contribution is 2.33. The second kappa shape index (κ2) is 5.94. The first-order valence-electron chi connectivity index (χ1n) is 6.75. The van der Waals surface area contributed by atoms with Crippen LogP contribution in [-0.2, 0) is 6.54 Å². The Hall–Kier alpha value is -1.19. The average Bonchev–Trinajstić information content (AvgIpc) is 2.80. The molecule has 0 unspecified atom stereocenters. The zero-order valence-corrected chi connectivity index (χ0v) is 10.6. The van der Waals surface area contributed by atoms with Crippen LogP contribution < -0.4 is 0 Å². The van der Waals surface area contributed by atoms with Gasteiger partial charge in [-0.25, -0.2) is 4.68 Å². The zero-order valence-electron chi connectivity index (χ0n) is 10.6. The van der Waals surface area contributed by atoms with Gasteiger partial charge in [-0.15, -0.1) is 5.10 Å². The van der Waals surface area contributed by atoms with Gasteiger partial charge in [0.25, 0.3) is 0 Å². The van der Waals surface area contributed by atoms with E-state index in [4.69, 9.17) is 0 Å². The van der Waals surface area contributed by atoms with Gasteiger partial charge in [-0.1, -0.05) is 37.8 Å². The molecule has 0 radical (unpaired) electrons. The number of aromatic nitrogens is 3. The van der Waals surface area contributed by atoms with Crippen molar-refractivity contribution >= 4 is 6.29 Å². The van der Waals surface area contributed by atoms with Gasteiger partial charge >= 0.3 is 0 Å². The predicted molar refractivity (Wildman–Crippen MR) is 66.1 cm³/mol. The molecule has 1 aliphatic rings. The van der Waals surface area contributed by atoms with Crippen LogP contribution in [0.2, 0.25) is 0 Å². The van der Waals surface area contributed by atoms with E-state index in [-0.39, 0.29) is 0 Å². The fraction of sp³-hybridized carbons (Fsp3) is 0.769. The lowest BCUT2D eigenvalue weighted by atomic mass is 9.86. The molecule has 0 N–H and O–H groups in total. The fourth-order valence-electron chi connectivity index (χ4n) is 2.69. The first kappa shape index (κ1) is 12.3. The highest BCUT2D eigenvalue weighted by molar-refractivity contribution is 5.73. The Morgan fingerprint density at radius 1 is 1.35 bits per heavy atom. The van der Waals surface area contributed by atoms with Gasteiger partial charge < -0.3 is 0 Å². The van der Waals surface area contributed by atoms with Crippen molar-refractivity contribution < 1.29 is 4.79 Å². The van der Waals surface area contributed by atoms with Crippen molar-refractivity contribution in [3.63, 3.8) is 0 Å². The van der Waals surface area contributed by atoms with Crippen LogP contribution in [0, 0.1) is 0 Å². The Morgan fingerprint density at radius 2 is 2.12 bits per heavy atom. The molecule has 1 aliphatic carbocycles. The number of aldehydes is 1. The van der Waals surface area contributed by atoms with E-state index in [1.807, 2.05) is 4.68 Å². The van der Waals surface area contributed by atoms with Crippen LogP contribution in [0.25, 0.3) is 0 Å². The summed E-state index contributed by atoms with van der Waals surface area (Å²) in [6, 6.07) is 0. The molecular formula is C13H21N3O. The molecule has 1 heterocycles. The molecule has 0 atom stereocenters. The largest absolute Gasteiger partial charge is 0.296 e. The van der Waals surface area contributed by atoms with Gasteiger partial charge in [0.2, 0.25) is 0 Å². The van der Waals surface area contributed by atoms with Crippen LogP contribution in [0.15, 0.2) is 0 Å². The number of nitrogens with zero attached hydrogens (tertiary/aromatic N) is 3. The number of unbranched alkanes of at least 4 members (excludes halogenated alkanes) is 1. The number of hydrogen-bond acceptors (Lipinski definition) is 3. The fourth-order valence-corrected chi connectivity index (χ4v) is 2.69. The van der Waals surface area contributed by atoms with E-state index < -0.39 is 0 Å². The van der Waals surface area contributed by atoms with Crippen molar-refractivity contribution in [2.75, 3.05) is 0 Å². The van der Waals surface area contributed by atoms with E-state index in [0.717, 1.165) is 31.4 Å². The van der Waals surface area contributed by atoms with E-state index >= 15 is 0 Å². The van der Waals surface area contributed by atoms with Gasteiger partial charge in [0.1, 0.15) is 5.69 Å². The van der Waals surface area contributed by atoms with Gasteiger partial charge in [0, 0.05) is 12.5 Å². The summed E-state index contributed by atoms with van der Waals surface area (Å²) >= 11 is 0. The van der Waals surface area contributed by atoms with Crippen molar-refractivity contribution in [3.8, 4) is 0 Å². The maximum Gasteiger partial charge on any atom is 0.172 e. The molecule has 1 fully saturated rings. The maximum atomic E-state index is 11.0. The highest BCUT2D eigenvalue weighted by Gasteiger charge is 2.23. The maximum absolute atomic E-state index is 11.0. The summed E-state index contributed by atoms with van der Waals surface area (Å²) in [5.41, 5.74) is 1.65. The second-order valence-corrected chi connectivity index (χ2v) is 4.89. The third kappa shape index (κ3) is 2.73. The third-order valence-electron chi connectivity index (χ3n) is 3.63. The molecule has 0 aliphatic heterocycles. The lowest BCUT2D eigenvalue weighted by molar-refractivity contribution is 0.111. The minimum absolute atomic E-state index is 0.496. The normalized spacial score (nSPS) is 17.2. The van der Waals surface area contributed by atoms with Crippen molar-refractivity contribution in [1.29, 1.82) is 0 Å². The van der Waals surface area contributed by atoms with E-state index in [1.54, 1.807) is 0 Å². The van der Waals surface area contributed by atoms with Crippen LogP contribution in [0.3, 0.4) is 0 Å². The molecule has 1 saturated carbocycles. The van der Waals surface area contributed by atoms with Gasteiger partial charge in [-0.2, -0.15) is 0 Å². The third-order valence-corrected chi connectivity index (χ3v) is 3.63. The van der Waals surface area contributed by atoms with E-state index in [0.29, 0.717) is 11.6 Å². The molecular weight excluding hydrogens is 214 g/mol. The summed E-state index contributed by atoms with van der Waals surface area (Å²) < 4.78 is 1.96. The number of hydrogen-bond donors (Lipinski definition) is 0. The molecule has 0 amide bonds. The minimum Gasteiger partial charge on any atom is -0.296 e. The van der Waals surface area contributed by atoms with E-state index in [9.17, 15) is 4.79 Å². The summed E-state index contributed by atoms with van der Waals surface area (Å²) in [5, 5.41) is 8.14. The van der Waals surface area contributed by atoms with Gasteiger partial charge in [0.05, 0.1) is 5.69 Å². The standard InChI is InChI=1S/C13H21N3O/c1-2-3-9-16-13(12(10-17)14-15-16)11-7-5-4-6-8-11/h10-11H,2-9H2,1H3. The SMILES string of the molecule is CCCCn1nnc(C=O)c1C1CCCCC1. The molecule has 0 bridgehead atoms. The lowest BCUT2D eigenvalue weighted by Gasteiger charge is -2.22. The van der Waals surface area contributed by atoms with Crippen LogP contribution >= 0.6 is 0 Å². The topological polar surface area (TPSA) is 47.8 Å². The predicted octanol–water partition coefficient (Wildman–Crippen LogP) is 2.94. The summed E-state index contributed by atoms with van der Waals surface area (Å²) in [4.78, 5) is 11.0. The smallest absolute Gasteiger partial charge is 0.172 e. The van der Waals surface area contributed by atoms with Crippen molar-refractivity contribution in [1.82, 2.24) is 15.0 Å². The minimum atomic E-state index is 0.496. The Balaban J connectivity index is 2.20. The van der Waals surface area contributed by atoms with Crippen LogP contribution in [0.4, 0.5) is 0 Å². The monoisotopic (exact) mass is 235 g/mol. The van der Waals surface area contributed by atoms with Crippen molar-refractivity contribution in [2.24, 2.45) is 0 Å². The lowest BCUT2D eigenvalue weighted by Crippen LogP contribution is -2.14. The summed E-state index contributed by atoms with van der Waals surface area (Å²) in [6.07, 6.45) is 9.31. The van der Waals surface area contributed by atoms with Crippen molar-refractivity contribution in [2.45, 2.75) is 64.3 Å². The van der Waals surface area contributed by atoms with Crippen LogP contribution in [0.1, 0.15) is 74.0 Å². The Bertz CT molecular complexity index is 367. The van der Waals surface area contributed by atoms with E-state index in [2.05, 4.69) is 17.2 Å². The Labute approximate surface area is 102 Å². The zero-order chi connectivity index (χ0) is 12.1. The average molecular weight is 235 g/mol. The molecule has 0 spiro atoms. The molecule has 4 nitrogen and oxygen atoms in total. The van der Waals surface area contributed by atoms with E-state index in [1.165, 1.54) is 32.1 Å². The van der Waals surface area contributed by atoms with Crippen LogP contribution in [-0.4, -0.2) is 21.3 Å². The van der Waals surface area contributed by atoms with Gasteiger partial charge in [0.15, 0.2) is 6.29 Å². The Morgan fingerprint density at radius 3 is 2.76 bits per heavy atom. The van der Waals surface area contributed by atoms with Gasteiger partial charge in [-0.3, -0.25) is 4.79 Å². The molecule has 2 rings (SSSR count). The first-order valence-corrected chi connectivity index (χ1v) is 6.75. The number of carbonyl (C=O) groups excluding carboxylic acids is 1. The molecule has 4 heteroatoms. The first-order chi connectivity index (χ1) is 8.36. The number of carbonyl (C=O) groups is 1. The second-order valence-electron chi connectivity index (χ2n) is 4.89. The molecule has 94 valence electrons. The molecule has 0 saturated heterocycles.